The molecular weight excluding hydrogens is 374 g/mol. The summed E-state index contributed by atoms with van der Waals surface area (Å²) in [6, 6.07) is 12.8. The van der Waals surface area contributed by atoms with Gasteiger partial charge in [-0.15, -0.1) is 11.3 Å². The van der Waals surface area contributed by atoms with Crippen molar-refractivity contribution in [3.63, 3.8) is 0 Å². The summed E-state index contributed by atoms with van der Waals surface area (Å²) in [5.74, 6) is 1.07. The van der Waals surface area contributed by atoms with Crippen molar-refractivity contribution in [3.05, 3.63) is 42.7 Å². The van der Waals surface area contributed by atoms with Gasteiger partial charge in [0.25, 0.3) is 0 Å². The largest absolute Gasteiger partial charge is 0.352 e. The van der Waals surface area contributed by atoms with E-state index in [1.165, 1.54) is 41.5 Å². The minimum absolute atomic E-state index is 0.101. The number of fused-ring (bicyclic) bond motifs is 1. The zero-order valence-corrected chi connectivity index (χ0v) is 17.0. The van der Waals surface area contributed by atoms with Gasteiger partial charge in [-0.2, -0.15) is 0 Å². The number of amides is 1. The number of carbonyl (C=O) groups excluding carboxylic acids is 1. The number of nitrogens with zero attached hydrogens (tertiary/aromatic N) is 2. The fraction of sp³-hybridized carbons (Fsp3) is 0.381. The van der Waals surface area contributed by atoms with Crippen LogP contribution in [0, 0.1) is 5.92 Å². The van der Waals surface area contributed by atoms with Crippen molar-refractivity contribution in [3.8, 4) is 10.4 Å². The monoisotopic (exact) mass is 397 g/mol. The quantitative estimate of drug-likeness (QED) is 0.478. The third kappa shape index (κ3) is 4.33. The van der Waals surface area contributed by atoms with Crippen LogP contribution in [0.2, 0.25) is 0 Å². The van der Waals surface area contributed by atoms with Crippen molar-refractivity contribution >= 4 is 39.2 Å². The molecule has 1 aromatic carbocycles. The van der Waals surface area contributed by atoms with Gasteiger partial charge in [-0.3, -0.25) is 4.79 Å². The summed E-state index contributed by atoms with van der Waals surface area (Å²) in [5.41, 5.74) is 1.18. The van der Waals surface area contributed by atoms with Crippen LogP contribution in [0.1, 0.15) is 32.6 Å². The lowest BCUT2D eigenvalue weighted by Gasteiger charge is -2.29. The lowest BCUT2D eigenvalue weighted by Crippen LogP contribution is -2.41. The number of nitrogens with one attached hydrogen (secondary N) is 1. The van der Waals surface area contributed by atoms with E-state index in [2.05, 4.69) is 40.4 Å². The first-order valence-corrected chi connectivity index (χ1v) is 11.2. The predicted molar refractivity (Wildman–Crippen MR) is 113 cm³/mol. The lowest BCUT2D eigenvalue weighted by atomic mass is 9.86. The van der Waals surface area contributed by atoms with Crippen molar-refractivity contribution in [2.24, 2.45) is 5.92 Å². The number of thiophene rings is 1. The van der Waals surface area contributed by atoms with Gasteiger partial charge in [0.2, 0.25) is 5.91 Å². The Kier molecular flexibility index (Phi) is 5.74. The van der Waals surface area contributed by atoms with E-state index in [0.717, 1.165) is 21.7 Å². The Hall–Kier alpha value is -1.92. The molecule has 2 heterocycles. The Morgan fingerprint density at radius 1 is 1.22 bits per heavy atom. The number of hydrogen-bond donors (Lipinski definition) is 1. The molecule has 4 rings (SSSR count). The minimum atomic E-state index is 0.101. The van der Waals surface area contributed by atoms with Crippen LogP contribution in [0.15, 0.2) is 47.8 Å². The van der Waals surface area contributed by atoms with Gasteiger partial charge < -0.3 is 5.32 Å². The molecule has 0 unspecified atom stereocenters. The molecule has 3 aromatic rings. The van der Waals surface area contributed by atoms with Crippen LogP contribution >= 0.6 is 23.1 Å². The summed E-state index contributed by atoms with van der Waals surface area (Å²) in [5, 5.41) is 5.13. The van der Waals surface area contributed by atoms with Crippen LogP contribution in [-0.4, -0.2) is 27.7 Å². The van der Waals surface area contributed by atoms with Gasteiger partial charge >= 0.3 is 0 Å². The predicted octanol–water partition coefficient (Wildman–Crippen LogP) is 5.15. The number of thioether (sulfide) groups is 1. The molecule has 1 aliphatic carbocycles. The maximum absolute atomic E-state index is 12.4. The third-order valence-corrected chi connectivity index (χ3v) is 7.25. The maximum Gasteiger partial charge on any atom is 0.230 e. The summed E-state index contributed by atoms with van der Waals surface area (Å²) in [6.07, 6.45) is 6.40. The molecule has 1 fully saturated rings. The SMILES string of the molecule is C[C@@H]1CCCC[C@@H]1NC(=O)CSc1ncnc2sc(-c3ccccc3)cc12. The van der Waals surface area contributed by atoms with E-state index in [0.29, 0.717) is 17.7 Å². The molecule has 0 saturated heterocycles. The average molecular weight is 398 g/mol. The molecule has 140 valence electrons. The molecule has 0 aliphatic heterocycles. The van der Waals surface area contributed by atoms with Crippen molar-refractivity contribution < 1.29 is 4.79 Å². The highest BCUT2D eigenvalue weighted by molar-refractivity contribution is 8.00. The second-order valence-corrected chi connectivity index (χ2v) is 9.09. The molecule has 1 N–H and O–H groups in total. The van der Waals surface area contributed by atoms with Crippen molar-refractivity contribution in [1.29, 1.82) is 0 Å². The highest BCUT2D eigenvalue weighted by Crippen LogP contribution is 2.36. The van der Waals surface area contributed by atoms with Crippen LogP contribution in [0.25, 0.3) is 20.7 Å². The second-order valence-electron chi connectivity index (χ2n) is 7.10. The van der Waals surface area contributed by atoms with E-state index in [1.54, 1.807) is 17.7 Å². The molecule has 0 bridgehead atoms. The highest BCUT2D eigenvalue weighted by atomic mass is 32.2. The molecular formula is C21H23N3OS2. The van der Waals surface area contributed by atoms with Crippen LogP contribution in [0.3, 0.4) is 0 Å². The van der Waals surface area contributed by atoms with Crippen molar-refractivity contribution in [2.45, 2.75) is 43.7 Å². The van der Waals surface area contributed by atoms with E-state index in [-0.39, 0.29) is 5.91 Å². The average Bonchev–Trinajstić information content (AvgIpc) is 3.14. The number of hydrogen-bond acceptors (Lipinski definition) is 5. The highest BCUT2D eigenvalue weighted by Gasteiger charge is 2.23. The van der Waals surface area contributed by atoms with Gasteiger partial charge in [0.15, 0.2) is 0 Å². The molecule has 6 heteroatoms. The van der Waals surface area contributed by atoms with Crippen LogP contribution in [-0.2, 0) is 4.79 Å². The molecule has 0 spiro atoms. The van der Waals surface area contributed by atoms with E-state index in [9.17, 15) is 4.79 Å². The van der Waals surface area contributed by atoms with Crippen LogP contribution in [0.4, 0.5) is 0 Å². The first kappa shape index (κ1) is 18.4. The van der Waals surface area contributed by atoms with Gasteiger partial charge in [0.1, 0.15) is 16.2 Å². The Morgan fingerprint density at radius 2 is 2.04 bits per heavy atom. The van der Waals surface area contributed by atoms with Crippen LogP contribution in [0.5, 0.6) is 0 Å². The lowest BCUT2D eigenvalue weighted by molar-refractivity contribution is -0.119. The summed E-state index contributed by atoms with van der Waals surface area (Å²) in [4.78, 5) is 23.4. The fourth-order valence-electron chi connectivity index (χ4n) is 3.61. The summed E-state index contributed by atoms with van der Waals surface area (Å²) in [7, 11) is 0. The molecule has 27 heavy (non-hydrogen) atoms. The Bertz CT molecular complexity index is 926. The zero-order chi connectivity index (χ0) is 18.6. The van der Waals surface area contributed by atoms with E-state index in [1.807, 2.05) is 18.2 Å². The summed E-state index contributed by atoms with van der Waals surface area (Å²) in [6.45, 7) is 2.24. The van der Waals surface area contributed by atoms with E-state index >= 15 is 0 Å². The zero-order valence-electron chi connectivity index (χ0n) is 15.4. The normalized spacial score (nSPS) is 19.9. The first-order chi connectivity index (χ1) is 13.2. The maximum atomic E-state index is 12.4. The molecule has 2 aromatic heterocycles. The van der Waals surface area contributed by atoms with Gasteiger partial charge in [-0.25, -0.2) is 9.97 Å². The third-order valence-electron chi connectivity index (χ3n) is 5.15. The smallest absolute Gasteiger partial charge is 0.230 e. The summed E-state index contributed by atoms with van der Waals surface area (Å²) >= 11 is 3.16. The molecule has 1 amide bonds. The van der Waals surface area contributed by atoms with Crippen LogP contribution < -0.4 is 5.32 Å². The standard InChI is InChI=1S/C21H23N3OS2/c1-14-7-5-6-10-17(14)24-19(25)12-26-20-16-11-18(15-8-3-2-4-9-15)27-21(16)23-13-22-20/h2-4,8-9,11,13-14,17H,5-7,10,12H2,1H3,(H,24,25)/t14-,17+/m1/s1. The molecule has 2 atom stereocenters. The topological polar surface area (TPSA) is 54.9 Å². The molecule has 1 saturated carbocycles. The number of benzene rings is 1. The second kappa shape index (κ2) is 8.40. The number of carbonyl (C=O) groups is 1. The van der Waals surface area contributed by atoms with Gasteiger partial charge in [-0.1, -0.05) is 61.9 Å². The fourth-order valence-corrected chi connectivity index (χ4v) is 5.46. The Labute approximate surface area is 167 Å². The van der Waals surface area contributed by atoms with Gasteiger partial charge in [0.05, 0.1) is 5.75 Å². The molecule has 4 nitrogen and oxygen atoms in total. The Balaban J connectivity index is 1.46. The molecule has 1 aliphatic rings. The number of aromatic nitrogens is 2. The van der Waals surface area contributed by atoms with E-state index < -0.39 is 0 Å². The van der Waals surface area contributed by atoms with Crippen molar-refractivity contribution in [1.82, 2.24) is 15.3 Å². The molecule has 0 radical (unpaired) electrons. The van der Waals surface area contributed by atoms with Crippen molar-refractivity contribution in [2.75, 3.05) is 5.75 Å². The van der Waals surface area contributed by atoms with Gasteiger partial charge in [-0.05, 0) is 30.4 Å². The minimum Gasteiger partial charge on any atom is -0.352 e. The van der Waals surface area contributed by atoms with E-state index in [4.69, 9.17) is 0 Å². The summed E-state index contributed by atoms with van der Waals surface area (Å²) < 4.78 is 0. The Morgan fingerprint density at radius 3 is 2.85 bits per heavy atom. The first-order valence-electron chi connectivity index (χ1n) is 9.43. The van der Waals surface area contributed by atoms with Gasteiger partial charge in [0, 0.05) is 16.3 Å². The number of rotatable bonds is 5.